The Bertz CT molecular complexity index is 836. The monoisotopic (exact) mass is 442 g/mol. The normalized spacial score (nSPS) is 21.3. The molecule has 0 bridgehead atoms. The maximum atomic E-state index is 5.65. The van der Waals surface area contributed by atoms with Crippen molar-refractivity contribution in [3.63, 3.8) is 0 Å². The molecule has 31 heavy (non-hydrogen) atoms. The molecule has 2 fully saturated rings. The third-order valence-corrected chi connectivity index (χ3v) is 6.95. The molecular formula is C23H34N6OS. The number of hydrogen-bond donors (Lipinski definition) is 2. The molecule has 2 aliphatic heterocycles. The molecule has 2 aromatic heterocycles. The maximum absolute atomic E-state index is 5.65. The number of ether oxygens (including phenoxy) is 1. The number of anilines is 1. The van der Waals surface area contributed by atoms with Gasteiger partial charge in [-0.3, -0.25) is 9.89 Å². The van der Waals surface area contributed by atoms with E-state index in [0.717, 1.165) is 38.0 Å². The number of pyridine rings is 1. The molecule has 8 heteroatoms. The molecule has 0 aromatic carbocycles. The molecule has 7 nitrogen and oxygen atoms in total. The number of hydrogen-bond acceptors (Lipinski definition) is 6. The molecule has 0 spiro atoms. The van der Waals surface area contributed by atoms with Gasteiger partial charge in [-0.25, -0.2) is 4.98 Å². The van der Waals surface area contributed by atoms with E-state index in [2.05, 4.69) is 67.0 Å². The first-order valence-electron chi connectivity index (χ1n) is 11.3. The van der Waals surface area contributed by atoms with E-state index in [9.17, 15) is 0 Å². The summed E-state index contributed by atoms with van der Waals surface area (Å²) in [5, 5.41) is 9.19. The summed E-state index contributed by atoms with van der Waals surface area (Å²) >= 11 is 1.84. The van der Waals surface area contributed by atoms with Crippen LogP contribution in [-0.4, -0.2) is 68.3 Å². The third-order valence-electron chi connectivity index (χ3n) is 5.97. The van der Waals surface area contributed by atoms with Crippen molar-refractivity contribution in [3.05, 3.63) is 46.3 Å². The molecule has 2 N–H and O–H groups in total. The van der Waals surface area contributed by atoms with Crippen LogP contribution in [0.1, 0.15) is 36.2 Å². The molecule has 2 atom stereocenters. The quantitative estimate of drug-likeness (QED) is 0.508. The van der Waals surface area contributed by atoms with Crippen LogP contribution < -0.4 is 15.5 Å². The van der Waals surface area contributed by atoms with Gasteiger partial charge in [0.25, 0.3) is 0 Å². The van der Waals surface area contributed by atoms with Crippen molar-refractivity contribution in [1.29, 1.82) is 0 Å². The average molecular weight is 443 g/mol. The van der Waals surface area contributed by atoms with Crippen molar-refractivity contribution in [2.45, 2.75) is 38.5 Å². The Morgan fingerprint density at radius 1 is 1.29 bits per heavy atom. The lowest BCUT2D eigenvalue weighted by Crippen LogP contribution is -2.42. The number of rotatable bonds is 7. The van der Waals surface area contributed by atoms with Crippen LogP contribution in [0.2, 0.25) is 0 Å². The summed E-state index contributed by atoms with van der Waals surface area (Å²) in [7, 11) is 1.83. The van der Waals surface area contributed by atoms with E-state index in [1.807, 2.05) is 24.6 Å². The number of guanidine groups is 1. The molecule has 2 aromatic rings. The Morgan fingerprint density at radius 2 is 2.16 bits per heavy atom. The molecular weight excluding hydrogens is 408 g/mol. The lowest BCUT2D eigenvalue weighted by Gasteiger charge is -2.32. The van der Waals surface area contributed by atoms with E-state index in [4.69, 9.17) is 4.74 Å². The van der Waals surface area contributed by atoms with E-state index in [1.54, 1.807) is 0 Å². The number of thiophene rings is 1. The molecule has 2 aliphatic rings. The lowest BCUT2D eigenvalue weighted by atomic mass is 10.2. The fourth-order valence-electron chi connectivity index (χ4n) is 4.31. The summed E-state index contributed by atoms with van der Waals surface area (Å²) in [5.74, 6) is 1.85. The summed E-state index contributed by atoms with van der Waals surface area (Å²) in [6.45, 7) is 8.55. The summed E-state index contributed by atoms with van der Waals surface area (Å²) in [6, 6.07) is 9.02. The number of aliphatic imine (C=N–C) groups is 1. The molecule has 2 unspecified atom stereocenters. The number of likely N-dealkylation sites (tertiary alicyclic amines) is 1. The molecule has 0 saturated carbocycles. The average Bonchev–Trinajstić information content (AvgIpc) is 3.51. The summed E-state index contributed by atoms with van der Waals surface area (Å²) in [6.07, 6.45) is 4.72. The zero-order valence-corrected chi connectivity index (χ0v) is 19.4. The molecule has 0 aliphatic carbocycles. The van der Waals surface area contributed by atoms with Gasteiger partial charge in [0.2, 0.25) is 0 Å². The van der Waals surface area contributed by atoms with Crippen LogP contribution in [-0.2, 0) is 11.3 Å². The highest BCUT2D eigenvalue weighted by Crippen LogP contribution is 2.27. The summed E-state index contributed by atoms with van der Waals surface area (Å²) in [4.78, 5) is 15.3. The van der Waals surface area contributed by atoms with Crippen LogP contribution in [0.5, 0.6) is 0 Å². The predicted octanol–water partition coefficient (Wildman–Crippen LogP) is 2.87. The van der Waals surface area contributed by atoms with E-state index < -0.39 is 0 Å². The summed E-state index contributed by atoms with van der Waals surface area (Å²) < 4.78 is 5.65. The van der Waals surface area contributed by atoms with E-state index in [0.29, 0.717) is 12.6 Å². The fourth-order valence-corrected chi connectivity index (χ4v) is 5.17. The zero-order chi connectivity index (χ0) is 21.5. The SMILES string of the molecule is CN=C(NCc1ccnc(N2CCOC(C)C2)c1)NCC(c1cccs1)N1CCCC1. The second-order valence-electron chi connectivity index (χ2n) is 8.23. The molecule has 0 radical (unpaired) electrons. The number of nitrogens with zero attached hydrogens (tertiary/aromatic N) is 4. The predicted molar refractivity (Wildman–Crippen MR) is 128 cm³/mol. The molecule has 0 amide bonds. The summed E-state index contributed by atoms with van der Waals surface area (Å²) in [5.41, 5.74) is 1.20. The second-order valence-corrected chi connectivity index (χ2v) is 9.21. The minimum Gasteiger partial charge on any atom is -0.375 e. The largest absolute Gasteiger partial charge is 0.375 e. The van der Waals surface area contributed by atoms with Crippen molar-refractivity contribution >= 4 is 23.1 Å². The van der Waals surface area contributed by atoms with E-state index in [1.165, 1.54) is 36.4 Å². The molecule has 168 valence electrons. The van der Waals surface area contributed by atoms with Crippen LogP contribution in [0.3, 0.4) is 0 Å². The van der Waals surface area contributed by atoms with Crippen LogP contribution in [0.4, 0.5) is 5.82 Å². The minimum absolute atomic E-state index is 0.243. The van der Waals surface area contributed by atoms with Gasteiger partial charge < -0.3 is 20.3 Å². The number of aromatic nitrogens is 1. The van der Waals surface area contributed by atoms with Gasteiger partial charge in [0.15, 0.2) is 5.96 Å². The Morgan fingerprint density at radius 3 is 2.90 bits per heavy atom. The van der Waals surface area contributed by atoms with Gasteiger partial charge in [-0.05, 0) is 62.0 Å². The highest BCUT2D eigenvalue weighted by atomic mass is 32.1. The smallest absolute Gasteiger partial charge is 0.191 e. The first-order chi connectivity index (χ1) is 15.2. The fraction of sp³-hybridized carbons (Fsp3) is 0.565. The van der Waals surface area contributed by atoms with Crippen LogP contribution in [0.25, 0.3) is 0 Å². The van der Waals surface area contributed by atoms with Crippen LogP contribution >= 0.6 is 11.3 Å². The Hall–Kier alpha value is -2.16. The van der Waals surface area contributed by atoms with E-state index in [-0.39, 0.29) is 6.10 Å². The lowest BCUT2D eigenvalue weighted by molar-refractivity contribution is 0.0529. The van der Waals surface area contributed by atoms with Gasteiger partial charge >= 0.3 is 0 Å². The standard InChI is InChI=1S/C23H34N6OS/c1-18-17-29(11-12-30-18)22-14-19(7-8-25-22)15-26-23(24-2)27-16-20(21-6-5-13-31-21)28-9-3-4-10-28/h5-8,13-14,18,20H,3-4,9-12,15-17H2,1-2H3,(H2,24,26,27). The van der Waals surface area contributed by atoms with Crippen LogP contribution in [0.15, 0.2) is 40.8 Å². The van der Waals surface area contributed by atoms with Gasteiger partial charge in [-0.1, -0.05) is 6.07 Å². The first-order valence-corrected chi connectivity index (χ1v) is 12.1. The van der Waals surface area contributed by atoms with Crippen molar-refractivity contribution in [2.75, 3.05) is 51.3 Å². The molecule has 4 rings (SSSR count). The van der Waals surface area contributed by atoms with E-state index >= 15 is 0 Å². The van der Waals surface area contributed by atoms with Gasteiger partial charge in [0.05, 0.1) is 18.8 Å². The van der Waals surface area contributed by atoms with Crippen molar-refractivity contribution < 1.29 is 4.74 Å². The third kappa shape index (κ3) is 5.96. The maximum Gasteiger partial charge on any atom is 0.191 e. The minimum atomic E-state index is 0.243. The number of morpholine rings is 1. The van der Waals surface area contributed by atoms with Crippen molar-refractivity contribution in [2.24, 2.45) is 4.99 Å². The van der Waals surface area contributed by atoms with Gasteiger partial charge in [-0.2, -0.15) is 0 Å². The Balaban J connectivity index is 1.32. The molecule has 4 heterocycles. The number of nitrogens with one attached hydrogen (secondary N) is 2. The topological polar surface area (TPSA) is 65.0 Å². The second kappa shape index (κ2) is 10.9. The first kappa shape index (κ1) is 22.0. The Kier molecular flexibility index (Phi) is 7.77. The van der Waals surface area contributed by atoms with Crippen LogP contribution in [0, 0.1) is 0 Å². The van der Waals surface area contributed by atoms with Crippen molar-refractivity contribution in [3.8, 4) is 0 Å². The Labute approximate surface area is 189 Å². The molecule has 2 saturated heterocycles. The highest BCUT2D eigenvalue weighted by Gasteiger charge is 2.24. The van der Waals surface area contributed by atoms with Gasteiger partial charge in [0, 0.05) is 44.3 Å². The zero-order valence-electron chi connectivity index (χ0n) is 18.6. The highest BCUT2D eigenvalue weighted by molar-refractivity contribution is 7.10. The van der Waals surface area contributed by atoms with Gasteiger partial charge in [-0.15, -0.1) is 11.3 Å². The van der Waals surface area contributed by atoms with Crippen molar-refractivity contribution in [1.82, 2.24) is 20.5 Å². The van der Waals surface area contributed by atoms with Gasteiger partial charge in [0.1, 0.15) is 5.82 Å².